The predicted molar refractivity (Wildman–Crippen MR) is 133 cm³/mol. The molecule has 0 unspecified atom stereocenters. The van der Waals surface area contributed by atoms with Crippen molar-refractivity contribution >= 4 is 21.2 Å². The van der Waals surface area contributed by atoms with Crippen LogP contribution in [0.15, 0.2) is 65.7 Å². The molecule has 0 aliphatic carbocycles. The Morgan fingerprint density at radius 1 is 1.00 bits per heavy atom. The minimum Gasteiger partial charge on any atom is -0.487 e. The third-order valence-corrected chi connectivity index (χ3v) is 6.47. The standard InChI is InChI=1S/C19H21FN2O2.C7H8O3S/c1-13-14(2)22(10-11-23-3)19-17(8-9-21-18(13)19)24-12-15-4-6-16(20)7-5-15;1-6-2-4-7(5-3-6)11(8,9)10/h4-9H,10-12H2,1-3H3;2-5H,1H3,(H,8,9,10). The van der Waals surface area contributed by atoms with Gasteiger partial charge in [-0.2, -0.15) is 8.42 Å². The number of benzene rings is 2. The van der Waals surface area contributed by atoms with Crippen LogP contribution in [0, 0.1) is 26.6 Å². The normalized spacial score (nSPS) is 11.3. The fourth-order valence-corrected chi connectivity index (χ4v) is 4.02. The molecule has 0 spiro atoms. The van der Waals surface area contributed by atoms with Crippen LogP contribution in [-0.2, 0) is 28.0 Å². The fourth-order valence-electron chi connectivity index (χ4n) is 3.54. The average Bonchev–Trinajstić information content (AvgIpc) is 3.07. The lowest BCUT2D eigenvalue weighted by atomic mass is 10.2. The average molecular weight is 501 g/mol. The van der Waals surface area contributed by atoms with E-state index in [4.69, 9.17) is 14.0 Å². The Labute approximate surface area is 204 Å². The molecule has 0 bridgehead atoms. The summed E-state index contributed by atoms with van der Waals surface area (Å²) in [6, 6.07) is 14.2. The van der Waals surface area contributed by atoms with Crippen molar-refractivity contribution in [1.29, 1.82) is 0 Å². The van der Waals surface area contributed by atoms with Crippen LogP contribution in [0.2, 0.25) is 0 Å². The fraction of sp³-hybridized carbons (Fsp3) is 0.269. The minimum atomic E-state index is -4.02. The van der Waals surface area contributed by atoms with Gasteiger partial charge in [0.05, 0.1) is 17.0 Å². The molecule has 4 rings (SSSR count). The lowest BCUT2D eigenvalue weighted by Crippen LogP contribution is -2.07. The summed E-state index contributed by atoms with van der Waals surface area (Å²) in [5.74, 6) is 0.529. The number of hydrogen-bond donors (Lipinski definition) is 1. The van der Waals surface area contributed by atoms with Crippen molar-refractivity contribution in [3.63, 3.8) is 0 Å². The van der Waals surface area contributed by atoms with Gasteiger partial charge in [0.15, 0.2) is 0 Å². The highest BCUT2D eigenvalue weighted by atomic mass is 32.2. The molecular formula is C26H29FN2O5S. The van der Waals surface area contributed by atoms with Crippen LogP contribution < -0.4 is 4.74 Å². The third kappa shape index (κ3) is 6.66. The van der Waals surface area contributed by atoms with E-state index in [1.807, 2.05) is 13.0 Å². The summed E-state index contributed by atoms with van der Waals surface area (Å²) < 4.78 is 56.0. The summed E-state index contributed by atoms with van der Waals surface area (Å²) in [5.41, 5.74) is 6.11. The molecule has 0 saturated carbocycles. The van der Waals surface area contributed by atoms with Crippen LogP contribution in [0.5, 0.6) is 5.75 Å². The highest BCUT2D eigenvalue weighted by Crippen LogP contribution is 2.31. The first-order valence-corrected chi connectivity index (χ1v) is 12.4. The number of pyridine rings is 1. The Hall–Kier alpha value is -3.27. The van der Waals surface area contributed by atoms with Crippen LogP contribution in [0.25, 0.3) is 11.0 Å². The van der Waals surface area contributed by atoms with Gasteiger partial charge in [-0.25, -0.2) is 4.39 Å². The molecule has 9 heteroatoms. The molecular weight excluding hydrogens is 471 g/mol. The smallest absolute Gasteiger partial charge is 0.294 e. The molecule has 7 nitrogen and oxygen atoms in total. The molecule has 2 aromatic carbocycles. The zero-order valence-corrected chi connectivity index (χ0v) is 21.0. The summed E-state index contributed by atoms with van der Waals surface area (Å²) in [5, 5.41) is 0. The number of fused-ring (bicyclic) bond motifs is 1. The molecule has 0 fully saturated rings. The molecule has 0 atom stereocenters. The molecule has 0 aliphatic heterocycles. The Balaban J connectivity index is 0.000000261. The van der Waals surface area contributed by atoms with Gasteiger partial charge in [-0.05, 0) is 56.2 Å². The van der Waals surface area contributed by atoms with Gasteiger partial charge in [0, 0.05) is 31.6 Å². The molecule has 0 amide bonds. The molecule has 186 valence electrons. The number of methoxy groups -OCH3 is 1. The van der Waals surface area contributed by atoms with Crippen molar-refractivity contribution in [2.24, 2.45) is 0 Å². The van der Waals surface area contributed by atoms with Gasteiger partial charge in [0.2, 0.25) is 0 Å². The highest BCUT2D eigenvalue weighted by molar-refractivity contribution is 7.85. The van der Waals surface area contributed by atoms with E-state index in [0.717, 1.165) is 45.7 Å². The molecule has 2 aromatic heterocycles. The minimum absolute atomic E-state index is 0.0666. The number of ether oxygens (including phenoxy) is 2. The van der Waals surface area contributed by atoms with Crippen molar-refractivity contribution in [3.05, 3.63) is 89.0 Å². The number of nitrogens with zero attached hydrogens (tertiary/aromatic N) is 2. The van der Waals surface area contributed by atoms with Crippen molar-refractivity contribution in [1.82, 2.24) is 9.55 Å². The van der Waals surface area contributed by atoms with Crippen LogP contribution in [0.1, 0.15) is 22.4 Å². The lowest BCUT2D eigenvalue weighted by Gasteiger charge is -2.12. The maximum Gasteiger partial charge on any atom is 0.294 e. The number of aromatic nitrogens is 2. The van der Waals surface area contributed by atoms with Gasteiger partial charge in [-0.15, -0.1) is 0 Å². The number of rotatable bonds is 7. The molecule has 4 aromatic rings. The Kier molecular flexibility index (Phi) is 8.61. The monoisotopic (exact) mass is 500 g/mol. The maximum absolute atomic E-state index is 13.0. The second-order valence-corrected chi connectivity index (χ2v) is 9.49. The van der Waals surface area contributed by atoms with E-state index in [1.165, 1.54) is 24.3 Å². The quantitative estimate of drug-likeness (QED) is 0.348. The van der Waals surface area contributed by atoms with Gasteiger partial charge in [-0.1, -0.05) is 29.8 Å². The largest absolute Gasteiger partial charge is 0.487 e. The highest BCUT2D eigenvalue weighted by Gasteiger charge is 2.16. The first-order valence-electron chi connectivity index (χ1n) is 11.0. The van der Waals surface area contributed by atoms with Crippen molar-refractivity contribution < 1.29 is 26.8 Å². The predicted octanol–water partition coefficient (Wildman–Crippen LogP) is 5.26. The van der Waals surface area contributed by atoms with Crippen LogP contribution in [0.4, 0.5) is 4.39 Å². The van der Waals surface area contributed by atoms with E-state index in [2.05, 4.69) is 23.4 Å². The summed E-state index contributed by atoms with van der Waals surface area (Å²) in [7, 11) is -2.33. The zero-order valence-electron chi connectivity index (χ0n) is 20.2. The maximum atomic E-state index is 13.0. The van der Waals surface area contributed by atoms with E-state index < -0.39 is 10.1 Å². The molecule has 0 radical (unpaired) electrons. The molecule has 2 heterocycles. The molecule has 1 N–H and O–H groups in total. The Morgan fingerprint density at radius 3 is 2.26 bits per heavy atom. The van der Waals surface area contributed by atoms with E-state index in [0.29, 0.717) is 13.2 Å². The second kappa shape index (κ2) is 11.4. The van der Waals surface area contributed by atoms with Crippen molar-refractivity contribution in [2.45, 2.75) is 38.8 Å². The molecule has 0 saturated heterocycles. The Bertz CT molecular complexity index is 1380. The van der Waals surface area contributed by atoms with E-state index >= 15 is 0 Å². The van der Waals surface area contributed by atoms with Gasteiger partial charge < -0.3 is 14.0 Å². The van der Waals surface area contributed by atoms with Gasteiger partial charge >= 0.3 is 0 Å². The van der Waals surface area contributed by atoms with E-state index in [1.54, 1.807) is 37.6 Å². The Morgan fingerprint density at radius 2 is 1.66 bits per heavy atom. The van der Waals surface area contributed by atoms with Crippen molar-refractivity contribution in [2.75, 3.05) is 13.7 Å². The summed E-state index contributed by atoms with van der Waals surface area (Å²) >= 11 is 0. The van der Waals surface area contributed by atoms with Gasteiger partial charge in [-0.3, -0.25) is 9.54 Å². The first-order chi connectivity index (χ1) is 16.6. The third-order valence-electron chi connectivity index (χ3n) is 5.61. The summed E-state index contributed by atoms with van der Waals surface area (Å²) in [4.78, 5) is 4.44. The lowest BCUT2D eigenvalue weighted by molar-refractivity contribution is 0.187. The number of hydrogen-bond acceptors (Lipinski definition) is 5. The topological polar surface area (TPSA) is 90.7 Å². The van der Waals surface area contributed by atoms with E-state index in [9.17, 15) is 12.8 Å². The second-order valence-electron chi connectivity index (χ2n) is 8.06. The van der Waals surface area contributed by atoms with Crippen molar-refractivity contribution in [3.8, 4) is 5.75 Å². The first kappa shape index (κ1) is 26.3. The SMILES string of the molecule is COCCn1c(C)c(C)c2nccc(OCc3ccc(F)cc3)c21.Cc1ccc(S(=O)(=O)O)cc1. The zero-order chi connectivity index (χ0) is 25.6. The summed E-state index contributed by atoms with van der Waals surface area (Å²) in [6.45, 7) is 7.73. The van der Waals surface area contributed by atoms with E-state index in [-0.39, 0.29) is 10.7 Å². The summed E-state index contributed by atoms with van der Waals surface area (Å²) in [6.07, 6.45) is 1.76. The number of halogens is 1. The van der Waals surface area contributed by atoms with Gasteiger partial charge in [0.1, 0.15) is 23.7 Å². The molecule has 0 aliphatic rings. The number of aryl methyl sites for hydroxylation is 2. The van der Waals surface area contributed by atoms with Crippen LogP contribution in [-0.4, -0.2) is 36.2 Å². The van der Waals surface area contributed by atoms with Crippen LogP contribution in [0.3, 0.4) is 0 Å². The van der Waals surface area contributed by atoms with Crippen LogP contribution >= 0.6 is 0 Å². The van der Waals surface area contributed by atoms with Gasteiger partial charge in [0.25, 0.3) is 10.1 Å². The molecule has 35 heavy (non-hydrogen) atoms.